The molecule has 0 aliphatic rings. The van der Waals surface area contributed by atoms with Crippen LogP contribution < -0.4 is 11.1 Å². The van der Waals surface area contributed by atoms with Crippen molar-refractivity contribution in [3.63, 3.8) is 0 Å². The van der Waals surface area contributed by atoms with Crippen molar-refractivity contribution in [1.29, 1.82) is 0 Å². The zero-order valence-corrected chi connectivity index (χ0v) is 11.5. The predicted octanol–water partition coefficient (Wildman–Crippen LogP) is 2.92. The van der Waals surface area contributed by atoms with Gasteiger partial charge in [0.2, 0.25) is 0 Å². The summed E-state index contributed by atoms with van der Waals surface area (Å²) < 4.78 is 0.841. The van der Waals surface area contributed by atoms with Crippen LogP contribution in [0.4, 0.5) is 5.69 Å². The molecule has 0 saturated carbocycles. The lowest BCUT2D eigenvalue weighted by molar-refractivity contribution is 0.0990. The highest BCUT2D eigenvalue weighted by molar-refractivity contribution is 9.10. The number of halogens is 2. The van der Waals surface area contributed by atoms with Crippen LogP contribution in [0.15, 0.2) is 22.7 Å². The molecule has 1 aromatic carbocycles. The quantitative estimate of drug-likeness (QED) is 0.508. The number of carbonyl (C=O) groups excluding carboxylic acids is 1. The lowest BCUT2D eigenvalue weighted by Crippen LogP contribution is -2.20. The van der Waals surface area contributed by atoms with Crippen LogP contribution in [0.3, 0.4) is 0 Å². The molecule has 0 saturated heterocycles. The number of benzene rings is 1. The van der Waals surface area contributed by atoms with Crippen molar-refractivity contribution in [2.24, 2.45) is 5.73 Å². The predicted molar refractivity (Wildman–Crippen MR) is 74.2 cm³/mol. The Balaban J connectivity index is 3.06. The van der Waals surface area contributed by atoms with Crippen LogP contribution in [0.5, 0.6) is 0 Å². The van der Waals surface area contributed by atoms with E-state index >= 15 is 0 Å². The molecule has 0 spiro atoms. The van der Waals surface area contributed by atoms with Gasteiger partial charge in [0, 0.05) is 22.3 Å². The first-order valence-electron chi connectivity index (χ1n) is 4.49. The van der Waals surface area contributed by atoms with Gasteiger partial charge in [-0.15, -0.1) is 11.6 Å². The van der Waals surface area contributed by atoms with Crippen molar-refractivity contribution in [2.45, 2.75) is 6.42 Å². The van der Waals surface area contributed by atoms with E-state index in [9.17, 15) is 4.79 Å². The Morgan fingerprint density at radius 3 is 2.81 bits per heavy atom. The van der Waals surface area contributed by atoms with Crippen molar-refractivity contribution in [3.05, 3.63) is 28.2 Å². The molecule has 0 bridgehead atoms. The highest BCUT2D eigenvalue weighted by Crippen LogP contribution is 2.22. The zero-order chi connectivity index (χ0) is 12.1. The van der Waals surface area contributed by atoms with Crippen LogP contribution in [0.1, 0.15) is 16.8 Å². The first-order valence-corrected chi connectivity index (χ1v) is 6.23. The fourth-order valence-corrected chi connectivity index (χ4v) is 1.86. The maximum atomic E-state index is 11.7. The summed E-state index contributed by atoms with van der Waals surface area (Å²) in [6, 6.07) is 5.24. The Morgan fingerprint density at radius 2 is 2.25 bits per heavy atom. The SMILES string of the molecule is NC(=S)Nc1cc(Br)ccc1C(=O)CCCl. The number of hydrogen-bond acceptors (Lipinski definition) is 2. The Morgan fingerprint density at radius 1 is 1.56 bits per heavy atom. The van der Waals surface area contributed by atoms with Crippen LogP contribution in [-0.2, 0) is 0 Å². The molecule has 86 valence electrons. The standard InChI is InChI=1S/C10H10BrClN2OS/c11-6-1-2-7(9(15)3-4-12)8(5-6)14-10(13)16/h1-2,5H,3-4H2,(H3,13,14,16). The van der Waals surface area contributed by atoms with E-state index < -0.39 is 0 Å². The Bertz CT molecular complexity index is 425. The molecular weight excluding hydrogens is 312 g/mol. The topological polar surface area (TPSA) is 55.1 Å². The van der Waals surface area contributed by atoms with Crippen LogP contribution in [-0.4, -0.2) is 16.8 Å². The Kier molecular flexibility index (Phi) is 5.18. The second-order valence-corrected chi connectivity index (χ2v) is 4.77. The minimum absolute atomic E-state index is 0.0405. The van der Waals surface area contributed by atoms with Gasteiger partial charge < -0.3 is 11.1 Å². The fourth-order valence-electron chi connectivity index (χ4n) is 1.22. The molecule has 0 heterocycles. The molecule has 0 fully saturated rings. The molecule has 0 unspecified atom stereocenters. The van der Waals surface area contributed by atoms with E-state index in [1.54, 1.807) is 18.2 Å². The average molecular weight is 322 g/mol. The normalized spacial score (nSPS) is 9.88. The lowest BCUT2D eigenvalue weighted by Gasteiger charge is -2.10. The number of nitrogens with one attached hydrogen (secondary N) is 1. The Labute approximate surface area is 112 Å². The molecule has 0 amide bonds. The summed E-state index contributed by atoms with van der Waals surface area (Å²) in [4.78, 5) is 11.7. The van der Waals surface area contributed by atoms with Crippen molar-refractivity contribution >= 4 is 56.3 Å². The molecule has 0 aliphatic heterocycles. The van der Waals surface area contributed by atoms with E-state index in [0.717, 1.165) is 4.47 Å². The van der Waals surface area contributed by atoms with Crippen LogP contribution >= 0.6 is 39.7 Å². The second kappa shape index (κ2) is 6.18. The van der Waals surface area contributed by atoms with Crippen molar-refractivity contribution in [1.82, 2.24) is 0 Å². The molecule has 0 radical (unpaired) electrons. The number of alkyl halides is 1. The average Bonchev–Trinajstić information content (AvgIpc) is 2.16. The zero-order valence-electron chi connectivity index (χ0n) is 8.30. The maximum Gasteiger partial charge on any atom is 0.168 e. The molecule has 6 heteroatoms. The van der Waals surface area contributed by atoms with Gasteiger partial charge in [0.25, 0.3) is 0 Å². The van der Waals surface area contributed by atoms with E-state index in [0.29, 0.717) is 17.1 Å². The van der Waals surface area contributed by atoms with E-state index in [-0.39, 0.29) is 17.3 Å². The third-order valence-electron chi connectivity index (χ3n) is 1.86. The van der Waals surface area contributed by atoms with Crippen molar-refractivity contribution in [3.8, 4) is 0 Å². The number of carbonyl (C=O) groups is 1. The number of ketones is 1. The molecule has 16 heavy (non-hydrogen) atoms. The van der Waals surface area contributed by atoms with Gasteiger partial charge in [-0.3, -0.25) is 4.79 Å². The first-order chi connectivity index (χ1) is 7.54. The summed E-state index contributed by atoms with van der Waals surface area (Å²) in [7, 11) is 0. The van der Waals surface area contributed by atoms with Gasteiger partial charge in [0.1, 0.15) is 0 Å². The fraction of sp³-hybridized carbons (Fsp3) is 0.200. The van der Waals surface area contributed by atoms with Gasteiger partial charge in [-0.05, 0) is 30.4 Å². The molecule has 1 aromatic rings. The molecule has 0 atom stereocenters. The van der Waals surface area contributed by atoms with E-state index in [2.05, 4.69) is 21.2 Å². The number of Topliss-reactive ketones (excluding diaryl/α,β-unsaturated/α-hetero) is 1. The first kappa shape index (κ1) is 13.4. The monoisotopic (exact) mass is 320 g/mol. The third-order valence-corrected chi connectivity index (χ3v) is 2.65. The molecular formula is C10H10BrClN2OS. The summed E-state index contributed by atoms with van der Waals surface area (Å²) in [6.07, 6.45) is 0.287. The van der Waals surface area contributed by atoms with Gasteiger partial charge in [-0.2, -0.15) is 0 Å². The van der Waals surface area contributed by atoms with Crippen molar-refractivity contribution in [2.75, 3.05) is 11.2 Å². The van der Waals surface area contributed by atoms with Gasteiger partial charge in [-0.1, -0.05) is 15.9 Å². The third kappa shape index (κ3) is 3.73. The van der Waals surface area contributed by atoms with Crippen LogP contribution in [0.2, 0.25) is 0 Å². The summed E-state index contributed by atoms with van der Waals surface area (Å²) >= 11 is 13.6. The number of thiocarbonyl (C=S) groups is 1. The molecule has 0 aliphatic carbocycles. The van der Waals surface area contributed by atoms with E-state index in [4.69, 9.17) is 29.6 Å². The van der Waals surface area contributed by atoms with Crippen LogP contribution in [0, 0.1) is 0 Å². The van der Waals surface area contributed by atoms with Gasteiger partial charge in [-0.25, -0.2) is 0 Å². The minimum atomic E-state index is -0.0405. The van der Waals surface area contributed by atoms with E-state index in [1.165, 1.54) is 0 Å². The molecule has 3 N–H and O–H groups in total. The highest BCUT2D eigenvalue weighted by Gasteiger charge is 2.11. The minimum Gasteiger partial charge on any atom is -0.376 e. The van der Waals surface area contributed by atoms with Crippen LogP contribution in [0.25, 0.3) is 0 Å². The number of anilines is 1. The van der Waals surface area contributed by atoms with Gasteiger partial charge in [0.15, 0.2) is 10.9 Å². The smallest absolute Gasteiger partial charge is 0.168 e. The summed E-state index contributed by atoms with van der Waals surface area (Å²) in [5, 5.41) is 2.89. The molecule has 1 rings (SSSR count). The second-order valence-electron chi connectivity index (χ2n) is 3.04. The van der Waals surface area contributed by atoms with Gasteiger partial charge in [0.05, 0.1) is 5.69 Å². The molecule has 0 aromatic heterocycles. The summed E-state index contributed by atoms with van der Waals surface area (Å²) in [6.45, 7) is 0. The lowest BCUT2D eigenvalue weighted by atomic mass is 10.1. The van der Waals surface area contributed by atoms with E-state index in [1.807, 2.05) is 0 Å². The number of rotatable bonds is 4. The summed E-state index contributed by atoms with van der Waals surface area (Å²) in [5.41, 5.74) is 6.52. The van der Waals surface area contributed by atoms with Crippen molar-refractivity contribution < 1.29 is 4.79 Å². The molecule has 3 nitrogen and oxygen atoms in total. The number of nitrogens with two attached hydrogens (primary N) is 1. The Hall–Kier alpha value is -0.650. The largest absolute Gasteiger partial charge is 0.376 e. The maximum absolute atomic E-state index is 11.7. The van der Waals surface area contributed by atoms with Gasteiger partial charge >= 0.3 is 0 Å². The highest BCUT2D eigenvalue weighted by atomic mass is 79.9. The number of hydrogen-bond donors (Lipinski definition) is 2. The summed E-state index contributed by atoms with van der Waals surface area (Å²) in [5.74, 6) is 0.253.